The molecule has 0 N–H and O–H groups in total. The van der Waals surface area contributed by atoms with Gasteiger partial charge in [-0.3, -0.25) is 0 Å². The third kappa shape index (κ3) is 28.7. The molecule has 0 aliphatic heterocycles. The first-order valence-electron chi connectivity index (χ1n) is 27.6. The SMILES string of the molecule is CC.CC.CC.CCC/C=C(/C=C(/C)c1cc(C2CCC2)c(C)cc1C)c1cc(C)oc1C.CCCCCC(CCC)CCC(C)CC.CCCCCCCCCCCC1CC1. The van der Waals surface area contributed by atoms with Crippen molar-refractivity contribution in [2.75, 3.05) is 0 Å². The minimum Gasteiger partial charge on any atom is -0.466 e. The van der Waals surface area contributed by atoms with Gasteiger partial charge in [0, 0.05) is 5.56 Å². The van der Waals surface area contributed by atoms with Gasteiger partial charge in [-0.05, 0) is 117 Å². The summed E-state index contributed by atoms with van der Waals surface area (Å²) in [5.41, 5.74) is 9.63. The van der Waals surface area contributed by atoms with Crippen LogP contribution in [0, 0.1) is 45.4 Å². The van der Waals surface area contributed by atoms with E-state index in [0.717, 1.165) is 48.0 Å². The van der Waals surface area contributed by atoms with Gasteiger partial charge in [-0.15, -0.1) is 0 Å². The number of rotatable bonds is 26. The molecule has 1 nitrogen and oxygen atoms in total. The first-order chi connectivity index (χ1) is 30.1. The standard InChI is InChI=1S/C26H34O.C15H32.C14H28.3C2H6/c1-7-8-10-23(26-15-20(5)27-21(26)6)14-19(4)24-16-25(22-11-9-12-22)18(3)13-17(24)2;1-5-8-9-11-15(10-6-2)13-12-14(4)7-3;1-2-3-4-5-6-7-8-9-10-11-14-12-13-14;3*1-2/h10,13-16,22H,7-9,11-12H2,1-6H3;14-15H,5-13H2,1-4H3;14H,2-13H2,1H3;3*1-2H3/b19-14-,23-10-;;;;;. The topological polar surface area (TPSA) is 13.1 Å². The van der Waals surface area contributed by atoms with Gasteiger partial charge >= 0.3 is 0 Å². The summed E-state index contributed by atoms with van der Waals surface area (Å²) in [6, 6.07) is 7.01. The van der Waals surface area contributed by atoms with Crippen LogP contribution in [0.4, 0.5) is 0 Å². The summed E-state index contributed by atoms with van der Waals surface area (Å²) >= 11 is 0. The Morgan fingerprint density at radius 2 is 1.19 bits per heavy atom. The normalized spacial score (nSPS) is 14.5. The number of hydrogen-bond donors (Lipinski definition) is 0. The van der Waals surface area contributed by atoms with Crippen molar-refractivity contribution in [1.82, 2.24) is 0 Å². The molecule has 1 heteroatoms. The molecule has 1 aromatic heterocycles. The van der Waals surface area contributed by atoms with Crippen molar-refractivity contribution < 1.29 is 4.42 Å². The summed E-state index contributed by atoms with van der Waals surface area (Å²) in [5.74, 6) is 5.88. The van der Waals surface area contributed by atoms with Gasteiger partial charge in [0.25, 0.3) is 0 Å². The second-order valence-electron chi connectivity index (χ2n) is 18.6. The Kier molecular flexibility index (Phi) is 41.7. The Morgan fingerprint density at radius 3 is 1.68 bits per heavy atom. The summed E-state index contributed by atoms with van der Waals surface area (Å²) in [4.78, 5) is 0. The first-order valence-corrected chi connectivity index (χ1v) is 27.6. The van der Waals surface area contributed by atoms with E-state index in [0.29, 0.717) is 0 Å². The van der Waals surface area contributed by atoms with Crippen molar-refractivity contribution in [1.29, 1.82) is 0 Å². The number of furan rings is 1. The average Bonchev–Trinajstić information content (AvgIpc) is 4.03. The lowest BCUT2D eigenvalue weighted by atomic mass is 9.77. The summed E-state index contributed by atoms with van der Waals surface area (Å²) in [6.45, 7) is 36.7. The molecule has 362 valence electrons. The molecule has 2 saturated carbocycles. The highest BCUT2D eigenvalue weighted by Gasteiger charge is 2.22. The molecule has 0 bridgehead atoms. The molecule has 2 unspecified atom stereocenters. The van der Waals surface area contributed by atoms with Crippen LogP contribution < -0.4 is 0 Å². The maximum absolute atomic E-state index is 5.80. The van der Waals surface area contributed by atoms with Gasteiger partial charge in [0.15, 0.2) is 0 Å². The molecule has 62 heavy (non-hydrogen) atoms. The van der Waals surface area contributed by atoms with E-state index in [1.807, 2.05) is 48.5 Å². The molecule has 1 aromatic carbocycles. The fourth-order valence-corrected chi connectivity index (χ4v) is 8.63. The van der Waals surface area contributed by atoms with Crippen molar-refractivity contribution >= 4 is 11.1 Å². The number of aryl methyl sites for hydroxylation is 4. The van der Waals surface area contributed by atoms with Crippen molar-refractivity contribution in [3.05, 3.63) is 69.7 Å². The second kappa shape index (κ2) is 41.7. The van der Waals surface area contributed by atoms with Crippen LogP contribution in [0.1, 0.15) is 302 Å². The van der Waals surface area contributed by atoms with Gasteiger partial charge in [-0.25, -0.2) is 0 Å². The summed E-state index contributed by atoms with van der Waals surface area (Å²) in [6.07, 6.45) is 41.8. The zero-order valence-electron chi connectivity index (χ0n) is 45.5. The molecule has 2 atom stereocenters. The smallest absolute Gasteiger partial charge is 0.108 e. The van der Waals surface area contributed by atoms with Crippen molar-refractivity contribution in [2.45, 2.75) is 291 Å². The van der Waals surface area contributed by atoms with Crippen LogP contribution in [-0.2, 0) is 0 Å². The van der Waals surface area contributed by atoms with Crippen molar-refractivity contribution in [3.8, 4) is 0 Å². The average molecular weight is 862 g/mol. The molecule has 2 aliphatic carbocycles. The van der Waals surface area contributed by atoms with Crippen LogP contribution in [0.5, 0.6) is 0 Å². The minimum atomic E-state index is 0.769. The Labute approximate surface area is 392 Å². The summed E-state index contributed by atoms with van der Waals surface area (Å²) in [7, 11) is 0. The van der Waals surface area contributed by atoms with Gasteiger partial charge in [-0.2, -0.15) is 0 Å². The highest BCUT2D eigenvalue weighted by molar-refractivity contribution is 5.85. The third-order valence-electron chi connectivity index (χ3n) is 13.1. The molecule has 2 fully saturated rings. The molecular formula is C61H112O. The van der Waals surface area contributed by atoms with Crippen LogP contribution in [0.2, 0.25) is 0 Å². The molecule has 4 rings (SSSR count). The molecule has 0 saturated heterocycles. The van der Waals surface area contributed by atoms with Gasteiger partial charge < -0.3 is 4.42 Å². The lowest BCUT2D eigenvalue weighted by Gasteiger charge is -2.28. The van der Waals surface area contributed by atoms with E-state index in [1.54, 1.807) is 5.56 Å². The number of hydrogen-bond acceptors (Lipinski definition) is 1. The van der Waals surface area contributed by atoms with Crippen LogP contribution >= 0.6 is 0 Å². The van der Waals surface area contributed by atoms with Gasteiger partial charge in [0.1, 0.15) is 11.5 Å². The maximum Gasteiger partial charge on any atom is 0.108 e. The molecule has 1 heterocycles. The molecule has 2 aromatic rings. The van der Waals surface area contributed by atoms with E-state index in [9.17, 15) is 0 Å². The Morgan fingerprint density at radius 1 is 0.613 bits per heavy atom. The molecule has 0 spiro atoms. The Bertz CT molecular complexity index is 1340. The van der Waals surface area contributed by atoms with Gasteiger partial charge in [-0.1, -0.05) is 255 Å². The van der Waals surface area contributed by atoms with Crippen molar-refractivity contribution in [3.63, 3.8) is 0 Å². The van der Waals surface area contributed by atoms with Gasteiger partial charge in [0.05, 0.1) is 0 Å². The molecule has 0 radical (unpaired) electrons. The highest BCUT2D eigenvalue weighted by atomic mass is 16.3. The number of benzene rings is 1. The molecule has 0 amide bonds. The van der Waals surface area contributed by atoms with Crippen LogP contribution in [0.15, 0.2) is 34.8 Å². The lowest BCUT2D eigenvalue weighted by Crippen LogP contribution is -2.11. The predicted octanol–water partition coefficient (Wildman–Crippen LogP) is 22.3. The summed E-state index contributed by atoms with van der Waals surface area (Å²) < 4.78 is 5.80. The largest absolute Gasteiger partial charge is 0.466 e. The maximum atomic E-state index is 5.80. The van der Waals surface area contributed by atoms with Crippen molar-refractivity contribution in [2.24, 2.45) is 17.8 Å². The minimum absolute atomic E-state index is 0.769. The summed E-state index contributed by atoms with van der Waals surface area (Å²) in [5, 5.41) is 0. The van der Waals surface area contributed by atoms with E-state index in [1.165, 1.54) is 187 Å². The molecule has 2 aliphatic rings. The van der Waals surface area contributed by atoms with Crippen LogP contribution in [-0.4, -0.2) is 0 Å². The highest BCUT2D eigenvalue weighted by Crippen LogP contribution is 2.40. The zero-order valence-corrected chi connectivity index (χ0v) is 45.5. The first kappa shape index (κ1) is 62.1. The van der Waals surface area contributed by atoms with E-state index in [2.05, 4.69) is 99.6 Å². The number of unbranched alkanes of at least 4 members (excludes halogenated alkanes) is 11. The second-order valence-corrected chi connectivity index (χ2v) is 18.6. The third-order valence-corrected chi connectivity index (χ3v) is 13.1. The zero-order chi connectivity index (χ0) is 47.1. The number of allylic oxidation sites excluding steroid dienone is 4. The Hall–Kier alpha value is -2.02. The Balaban J connectivity index is 0. The molecular weight excluding hydrogens is 749 g/mol. The van der Waals surface area contributed by atoms with E-state index in [4.69, 9.17) is 4.42 Å². The quantitative estimate of drug-likeness (QED) is 0.0678. The lowest BCUT2D eigenvalue weighted by molar-refractivity contribution is 0.352. The van der Waals surface area contributed by atoms with E-state index >= 15 is 0 Å². The fourth-order valence-electron chi connectivity index (χ4n) is 8.63. The van der Waals surface area contributed by atoms with Gasteiger partial charge in [0.2, 0.25) is 0 Å². The monoisotopic (exact) mass is 861 g/mol. The predicted molar refractivity (Wildman–Crippen MR) is 287 cm³/mol. The van der Waals surface area contributed by atoms with Crippen LogP contribution in [0.25, 0.3) is 11.1 Å². The van der Waals surface area contributed by atoms with E-state index < -0.39 is 0 Å². The fraction of sp³-hybridized carbons (Fsp3) is 0.770. The van der Waals surface area contributed by atoms with E-state index in [-0.39, 0.29) is 0 Å². The van der Waals surface area contributed by atoms with Crippen LogP contribution in [0.3, 0.4) is 0 Å².